The molecule has 0 radical (unpaired) electrons. The molecule has 10 heteroatoms. The molecule has 0 saturated carbocycles. The van der Waals surface area contributed by atoms with Crippen LogP contribution in [-0.4, -0.2) is 60.1 Å². The maximum atomic E-state index is 14.4. The van der Waals surface area contributed by atoms with E-state index in [-0.39, 0.29) is 23.5 Å². The lowest BCUT2D eigenvalue weighted by atomic mass is 10.1. The first-order chi connectivity index (χ1) is 15.2. The molecule has 1 aliphatic rings. The highest BCUT2D eigenvalue weighted by atomic mass is 19.1. The SMILES string of the molecule is Cc1ccc(N(C(N)=O)c2cc(F)cc(O[C@H]3CCCN(C#[N+]C(=N)N(C)C)C3)c2)cn1. The lowest BCUT2D eigenvalue weighted by Gasteiger charge is -2.28. The summed E-state index contributed by atoms with van der Waals surface area (Å²) >= 11 is 0. The molecule has 0 unspecified atom stereocenters. The first-order valence-corrected chi connectivity index (χ1v) is 10.2. The number of nitrogens with one attached hydrogen (secondary N) is 1. The summed E-state index contributed by atoms with van der Waals surface area (Å²) in [6.45, 7) is 3.07. The molecule has 1 saturated heterocycles. The van der Waals surface area contributed by atoms with Gasteiger partial charge in [-0.1, -0.05) is 0 Å². The van der Waals surface area contributed by atoms with Crippen molar-refractivity contribution < 1.29 is 13.9 Å². The van der Waals surface area contributed by atoms with Gasteiger partial charge in [0, 0.05) is 31.9 Å². The topological polar surface area (TPSA) is 103 Å². The summed E-state index contributed by atoms with van der Waals surface area (Å²) in [5, 5.41) is 7.75. The zero-order valence-corrected chi connectivity index (χ0v) is 18.4. The molecule has 1 atom stereocenters. The smallest absolute Gasteiger partial charge is 0.435 e. The monoisotopic (exact) mass is 440 g/mol. The number of nitrogens with zero attached hydrogens (tertiary/aromatic N) is 5. The number of rotatable bonds is 4. The van der Waals surface area contributed by atoms with Gasteiger partial charge in [-0.3, -0.25) is 19.7 Å². The predicted octanol–water partition coefficient (Wildman–Crippen LogP) is 3.38. The molecule has 168 valence electrons. The summed E-state index contributed by atoms with van der Waals surface area (Å²) in [6, 6.07) is 6.74. The Hall–Kier alpha value is -3.87. The molecule has 1 aromatic heterocycles. The van der Waals surface area contributed by atoms with Crippen molar-refractivity contribution >= 4 is 23.4 Å². The third-order valence-electron chi connectivity index (χ3n) is 4.89. The fourth-order valence-electron chi connectivity index (χ4n) is 3.28. The number of primary amides is 1. The summed E-state index contributed by atoms with van der Waals surface area (Å²) in [6.07, 6.45) is 5.76. The number of pyridine rings is 1. The van der Waals surface area contributed by atoms with Crippen molar-refractivity contribution in [2.75, 3.05) is 32.1 Å². The molecule has 2 heterocycles. The number of amides is 2. The number of hydrogen-bond donors (Lipinski definition) is 2. The highest BCUT2D eigenvalue weighted by Crippen LogP contribution is 2.30. The largest absolute Gasteiger partial charge is 0.487 e. The van der Waals surface area contributed by atoms with Gasteiger partial charge in [0.25, 0.3) is 6.19 Å². The fourth-order valence-corrected chi connectivity index (χ4v) is 3.28. The van der Waals surface area contributed by atoms with Crippen LogP contribution in [0, 0.1) is 24.3 Å². The van der Waals surface area contributed by atoms with Gasteiger partial charge < -0.3 is 10.5 Å². The Morgan fingerprint density at radius 3 is 2.78 bits per heavy atom. The number of carbonyl (C=O) groups is 1. The molecule has 2 amide bonds. The number of carbonyl (C=O) groups excluding carboxylic acids is 1. The van der Waals surface area contributed by atoms with Gasteiger partial charge in [-0.2, -0.15) is 4.85 Å². The minimum absolute atomic E-state index is 0.0972. The molecule has 0 spiro atoms. The number of hydrogen-bond acceptors (Lipinski definition) is 5. The van der Waals surface area contributed by atoms with Crippen LogP contribution in [0.2, 0.25) is 0 Å². The van der Waals surface area contributed by atoms with E-state index < -0.39 is 11.8 Å². The Morgan fingerprint density at radius 1 is 1.34 bits per heavy atom. The third kappa shape index (κ3) is 5.85. The summed E-state index contributed by atoms with van der Waals surface area (Å²) in [5.41, 5.74) is 7.03. The maximum absolute atomic E-state index is 14.4. The summed E-state index contributed by atoms with van der Waals surface area (Å²) in [4.78, 5) is 24.9. The Morgan fingerprint density at radius 2 is 2.12 bits per heavy atom. The Labute approximate surface area is 186 Å². The predicted molar refractivity (Wildman–Crippen MR) is 121 cm³/mol. The van der Waals surface area contributed by atoms with E-state index in [0.717, 1.165) is 25.1 Å². The van der Waals surface area contributed by atoms with Gasteiger partial charge in [0.15, 0.2) is 0 Å². The van der Waals surface area contributed by atoms with Crippen LogP contribution in [0.4, 0.5) is 20.6 Å². The number of benzene rings is 1. The second-order valence-electron chi connectivity index (χ2n) is 7.73. The molecule has 0 bridgehead atoms. The lowest BCUT2D eigenvalue weighted by molar-refractivity contribution is 0.119. The quantitative estimate of drug-likeness (QED) is 0.431. The zero-order valence-electron chi connectivity index (χ0n) is 18.4. The number of guanidine groups is 1. The average molecular weight is 441 g/mol. The van der Waals surface area contributed by atoms with Gasteiger partial charge in [0.1, 0.15) is 17.7 Å². The highest BCUT2D eigenvalue weighted by Gasteiger charge is 2.24. The van der Waals surface area contributed by atoms with E-state index in [1.165, 1.54) is 23.2 Å². The number of ether oxygens (including phenoxy) is 1. The van der Waals surface area contributed by atoms with Crippen LogP contribution in [0.1, 0.15) is 18.5 Å². The minimum Gasteiger partial charge on any atom is -0.487 e. The lowest BCUT2D eigenvalue weighted by Crippen LogP contribution is -2.38. The first kappa shape index (κ1) is 22.8. The normalized spacial score (nSPS) is 15.4. The van der Waals surface area contributed by atoms with E-state index in [0.29, 0.717) is 12.2 Å². The Balaban J connectivity index is 1.78. The fraction of sp³-hybridized carbons (Fsp3) is 0.364. The number of halogens is 1. The number of nitrogens with two attached hydrogens (primary N) is 1. The minimum atomic E-state index is -0.759. The molecular weight excluding hydrogens is 413 g/mol. The van der Waals surface area contributed by atoms with Gasteiger partial charge in [-0.25, -0.2) is 9.18 Å². The van der Waals surface area contributed by atoms with E-state index in [1.807, 2.05) is 11.8 Å². The molecule has 3 N–H and O–H groups in total. The number of aryl methyl sites for hydroxylation is 1. The van der Waals surface area contributed by atoms with Crippen LogP contribution in [0.5, 0.6) is 5.75 Å². The second-order valence-corrected chi connectivity index (χ2v) is 7.73. The molecule has 32 heavy (non-hydrogen) atoms. The molecule has 1 aromatic carbocycles. The van der Waals surface area contributed by atoms with Crippen LogP contribution in [0.25, 0.3) is 4.85 Å². The van der Waals surface area contributed by atoms with Gasteiger partial charge in [0.2, 0.25) is 0 Å². The molecule has 3 rings (SSSR count). The number of piperidine rings is 1. The molecule has 1 fully saturated rings. The van der Waals surface area contributed by atoms with Crippen molar-refractivity contribution in [2.45, 2.75) is 25.9 Å². The van der Waals surface area contributed by atoms with Crippen molar-refractivity contribution in [3.05, 3.63) is 52.9 Å². The van der Waals surface area contributed by atoms with Crippen LogP contribution in [-0.2, 0) is 0 Å². The molecule has 0 aliphatic carbocycles. The van der Waals surface area contributed by atoms with Gasteiger partial charge >= 0.3 is 12.0 Å². The standard InChI is InChI=1S/C22H26FN7O2/c1-15-6-7-17(12-26-15)30(22(25)31)18-9-16(23)10-20(11-18)32-19-5-4-8-29(13-19)14-27-21(24)28(2)3/h6-7,9-12,19,24H,4-5,8,13H2,1-3H3,(H-,25,31)/p+1/t19-/m0/s1. The number of urea groups is 1. The average Bonchev–Trinajstić information content (AvgIpc) is 2.73. The van der Waals surface area contributed by atoms with Crippen molar-refractivity contribution in [3.8, 4) is 11.9 Å². The van der Waals surface area contributed by atoms with E-state index in [4.69, 9.17) is 15.9 Å². The zero-order chi connectivity index (χ0) is 23.3. The summed E-state index contributed by atoms with van der Waals surface area (Å²) in [7, 11) is 3.47. The van der Waals surface area contributed by atoms with Crippen LogP contribution >= 0.6 is 0 Å². The maximum Gasteiger partial charge on any atom is 0.435 e. The Bertz CT molecular complexity index is 1050. The van der Waals surface area contributed by atoms with E-state index in [2.05, 4.69) is 16.0 Å². The van der Waals surface area contributed by atoms with E-state index in [9.17, 15) is 9.18 Å². The third-order valence-corrected chi connectivity index (χ3v) is 4.89. The number of aromatic nitrogens is 1. The van der Waals surface area contributed by atoms with E-state index >= 15 is 0 Å². The second kappa shape index (κ2) is 9.96. The van der Waals surface area contributed by atoms with Crippen molar-refractivity contribution in [2.24, 2.45) is 5.73 Å². The van der Waals surface area contributed by atoms with Crippen LogP contribution < -0.4 is 15.4 Å². The molecule has 9 nitrogen and oxygen atoms in total. The molecule has 1 aliphatic heterocycles. The summed E-state index contributed by atoms with van der Waals surface area (Å²) in [5.74, 6) is -0.167. The highest BCUT2D eigenvalue weighted by molar-refractivity contribution is 5.98. The van der Waals surface area contributed by atoms with Crippen LogP contribution in [0.15, 0.2) is 36.5 Å². The molecular formula is C22H27FN7O2+. The number of anilines is 2. The van der Waals surface area contributed by atoms with Crippen molar-refractivity contribution in [1.29, 1.82) is 5.41 Å². The van der Waals surface area contributed by atoms with Crippen molar-refractivity contribution in [3.63, 3.8) is 0 Å². The number of likely N-dealkylation sites (tertiary alicyclic amines) is 1. The molecule has 2 aromatic rings. The van der Waals surface area contributed by atoms with Crippen molar-refractivity contribution in [1.82, 2.24) is 14.8 Å². The van der Waals surface area contributed by atoms with Crippen LogP contribution in [0.3, 0.4) is 0 Å². The van der Waals surface area contributed by atoms with E-state index in [1.54, 1.807) is 37.2 Å². The van der Waals surface area contributed by atoms with Gasteiger partial charge in [-0.15, -0.1) is 5.41 Å². The Kier molecular flexibility index (Phi) is 7.10. The summed E-state index contributed by atoms with van der Waals surface area (Å²) < 4.78 is 20.4. The first-order valence-electron chi connectivity index (χ1n) is 10.2. The van der Waals surface area contributed by atoms with Gasteiger partial charge in [-0.05, 0) is 38.0 Å². The van der Waals surface area contributed by atoms with Gasteiger partial charge in [0.05, 0.1) is 30.7 Å².